The van der Waals surface area contributed by atoms with Crippen LogP contribution < -0.4 is 16.4 Å². The highest BCUT2D eigenvalue weighted by Crippen LogP contribution is 2.45. The van der Waals surface area contributed by atoms with E-state index in [1.165, 1.54) is 19.3 Å². The number of nitrogens with one attached hydrogen (secondary N) is 2. The Morgan fingerprint density at radius 2 is 1.89 bits per heavy atom. The number of hydrogen-bond donors (Lipinski definition) is 3. The maximum atomic E-state index is 11.6. The normalized spacial score (nSPS) is 17.1. The molecule has 0 radical (unpaired) electrons. The van der Waals surface area contributed by atoms with Gasteiger partial charge in [-0.1, -0.05) is 20.3 Å². The Hall–Kier alpha value is -1.10. The van der Waals surface area contributed by atoms with E-state index in [0.717, 1.165) is 13.0 Å². The van der Waals surface area contributed by atoms with Gasteiger partial charge in [-0.15, -0.1) is 0 Å². The van der Waals surface area contributed by atoms with Crippen LogP contribution in [0.25, 0.3) is 0 Å². The summed E-state index contributed by atoms with van der Waals surface area (Å²) in [6.07, 6.45) is 4.80. The zero-order chi connectivity index (χ0) is 13.6. The Kier molecular flexibility index (Phi) is 5.59. The molecule has 0 spiro atoms. The number of nitrogens with two attached hydrogens (primary N) is 1. The molecule has 4 N–H and O–H groups in total. The van der Waals surface area contributed by atoms with Gasteiger partial charge in [0.2, 0.25) is 11.8 Å². The average molecular weight is 255 g/mol. The lowest BCUT2D eigenvalue weighted by Crippen LogP contribution is -2.46. The number of carbonyl (C=O) groups excluding carboxylic acids is 2. The van der Waals surface area contributed by atoms with Crippen molar-refractivity contribution >= 4 is 11.8 Å². The molecule has 1 rings (SSSR count). The van der Waals surface area contributed by atoms with Gasteiger partial charge in [0.1, 0.15) is 0 Å². The Balaban J connectivity index is 2.26. The second-order valence-corrected chi connectivity index (χ2v) is 5.71. The molecule has 0 aromatic rings. The standard InChI is InChI=1S/C13H25N3O2/c1-10(2)6-13(4-3-5-13)9-16-12(18)8-15-11(17)7-14/h10H,3-9,14H2,1-2H3,(H,15,17)(H,16,18). The van der Waals surface area contributed by atoms with Crippen molar-refractivity contribution in [3.8, 4) is 0 Å². The lowest BCUT2D eigenvalue weighted by atomic mass is 9.64. The molecule has 0 atom stereocenters. The average Bonchev–Trinajstić information content (AvgIpc) is 2.28. The van der Waals surface area contributed by atoms with E-state index in [0.29, 0.717) is 11.3 Å². The minimum Gasteiger partial charge on any atom is -0.354 e. The molecule has 5 nitrogen and oxygen atoms in total. The van der Waals surface area contributed by atoms with Crippen LogP contribution in [-0.4, -0.2) is 31.4 Å². The maximum absolute atomic E-state index is 11.6. The molecule has 1 fully saturated rings. The van der Waals surface area contributed by atoms with Gasteiger partial charge in [0.05, 0.1) is 13.1 Å². The third-order valence-electron chi connectivity index (χ3n) is 3.55. The van der Waals surface area contributed by atoms with Crippen molar-refractivity contribution < 1.29 is 9.59 Å². The molecule has 0 aromatic heterocycles. The van der Waals surface area contributed by atoms with E-state index in [-0.39, 0.29) is 24.9 Å². The summed E-state index contributed by atoms with van der Waals surface area (Å²) in [5.74, 6) is 0.219. The van der Waals surface area contributed by atoms with Gasteiger partial charge in [-0.2, -0.15) is 0 Å². The third kappa shape index (κ3) is 4.64. The molecule has 0 unspecified atom stereocenters. The minimum absolute atomic E-state index is 0.0216. The van der Waals surface area contributed by atoms with Gasteiger partial charge in [-0.3, -0.25) is 9.59 Å². The van der Waals surface area contributed by atoms with Crippen molar-refractivity contribution in [3.63, 3.8) is 0 Å². The van der Waals surface area contributed by atoms with Crippen molar-refractivity contribution in [1.29, 1.82) is 0 Å². The fraction of sp³-hybridized carbons (Fsp3) is 0.846. The zero-order valence-electron chi connectivity index (χ0n) is 11.4. The van der Waals surface area contributed by atoms with Crippen LogP contribution in [-0.2, 0) is 9.59 Å². The maximum Gasteiger partial charge on any atom is 0.239 e. The SMILES string of the molecule is CC(C)CC1(CNC(=O)CNC(=O)CN)CCC1. The molecule has 5 heteroatoms. The fourth-order valence-corrected chi connectivity index (χ4v) is 2.60. The van der Waals surface area contributed by atoms with Crippen molar-refractivity contribution in [3.05, 3.63) is 0 Å². The van der Waals surface area contributed by atoms with Gasteiger partial charge in [0, 0.05) is 6.54 Å². The van der Waals surface area contributed by atoms with E-state index in [9.17, 15) is 9.59 Å². The number of hydrogen-bond acceptors (Lipinski definition) is 3. The monoisotopic (exact) mass is 255 g/mol. The molecule has 0 aromatic carbocycles. The summed E-state index contributed by atoms with van der Waals surface area (Å²) in [7, 11) is 0. The predicted octanol–water partition coefficient (Wildman–Crippen LogP) is 0.394. The van der Waals surface area contributed by atoms with Crippen LogP contribution in [0, 0.1) is 11.3 Å². The van der Waals surface area contributed by atoms with Crippen LogP contribution in [0.2, 0.25) is 0 Å². The highest BCUT2D eigenvalue weighted by atomic mass is 16.2. The van der Waals surface area contributed by atoms with Gasteiger partial charge in [-0.25, -0.2) is 0 Å². The lowest BCUT2D eigenvalue weighted by molar-refractivity contribution is -0.125. The Morgan fingerprint density at radius 1 is 1.22 bits per heavy atom. The summed E-state index contributed by atoms with van der Waals surface area (Å²) in [6, 6.07) is 0. The quantitative estimate of drug-likeness (QED) is 0.615. The van der Waals surface area contributed by atoms with E-state index in [1.807, 2.05) is 0 Å². The third-order valence-corrected chi connectivity index (χ3v) is 3.55. The molecule has 0 saturated heterocycles. The first-order chi connectivity index (χ1) is 8.47. The van der Waals surface area contributed by atoms with Crippen LogP contribution in [0.5, 0.6) is 0 Å². The van der Waals surface area contributed by atoms with Crippen molar-refractivity contribution in [2.75, 3.05) is 19.6 Å². The summed E-state index contributed by atoms with van der Waals surface area (Å²) in [5.41, 5.74) is 5.44. The lowest BCUT2D eigenvalue weighted by Gasteiger charge is -2.43. The summed E-state index contributed by atoms with van der Waals surface area (Å²) in [6.45, 7) is 5.09. The highest BCUT2D eigenvalue weighted by molar-refractivity contribution is 5.85. The van der Waals surface area contributed by atoms with Gasteiger partial charge < -0.3 is 16.4 Å². The second kappa shape index (κ2) is 6.73. The highest BCUT2D eigenvalue weighted by Gasteiger charge is 2.37. The molecule has 18 heavy (non-hydrogen) atoms. The molecule has 1 aliphatic carbocycles. The molecule has 1 aliphatic rings. The molecular weight excluding hydrogens is 230 g/mol. The second-order valence-electron chi connectivity index (χ2n) is 5.71. The number of carbonyl (C=O) groups is 2. The van der Waals surface area contributed by atoms with Crippen LogP contribution in [0.15, 0.2) is 0 Å². The van der Waals surface area contributed by atoms with E-state index < -0.39 is 0 Å². The van der Waals surface area contributed by atoms with Gasteiger partial charge in [0.15, 0.2) is 0 Å². The molecule has 0 aliphatic heterocycles. The molecule has 2 amide bonds. The summed E-state index contributed by atoms with van der Waals surface area (Å²) in [5, 5.41) is 5.38. The van der Waals surface area contributed by atoms with Crippen LogP contribution in [0.3, 0.4) is 0 Å². The molecule has 0 bridgehead atoms. The van der Waals surface area contributed by atoms with Crippen LogP contribution in [0.4, 0.5) is 0 Å². The van der Waals surface area contributed by atoms with Crippen molar-refractivity contribution in [2.45, 2.75) is 39.5 Å². The first kappa shape index (κ1) is 15.0. The Morgan fingerprint density at radius 3 is 2.33 bits per heavy atom. The van der Waals surface area contributed by atoms with E-state index in [4.69, 9.17) is 5.73 Å². The zero-order valence-corrected chi connectivity index (χ0v) is 11.4. The molecular formula is C13H25N3O2. The minimum atomic E-state index is -0.300. The molecule has 104 valence electrons. The van der Waals surface area contributed by atoms with Crippen molar-refractivity contribution in [2.24, 2.45) is 17.1 Å². The number of rotatable bonds is 7. The topological polar surface area (TPSA) is 84.2 Å². The van der Waals surface area contributed by atoms with Gasteiger partial charge in [0.25, 0.3) is 0 Å². The fourth-order valence-electron chi connectivity index (χ4n) is 2.60. The van der Waals surface area contributed by atoms with Gasteiger partial charge >= 0.3 is 0 Å². The van der Waals surface area contributed by atoms with E-state index in [2.05, 4.69) is 24.5 Å². The first-order valence-corrected chi connectivity index (χ1v) is 6.71. The number of amides is 2. The van der Waals surface area contributed by atoms with E-state index in [1.54, 1.807) is 0 Å². The largest absolute Gasteiger partial charge is 0.354 e. The molecule has 0 heterocycles. The predicted molar refractivity (Wildman–Crippen MR) is 70.8 cm³/mol. The van der Waals surface area contributed by atoms with Crippen molar-refractivity contribution in [1.82, 2.24) is 10.6 Å². The first-order valence-electron chi connectivity index (χ1n) is 6.71. The van der Waals surface area contributed by atoms with E-state index >= 15 is 0 Å². The summed E-state index contributed by atoms with van der Waals surface area (Å²) < 4.78 is 0. The summed E-state index contributed by atoms with van der Waals surface area (Å²) >= 11 is 0. The van der Waals surface area contributed by atoms with Crippen LogP contribution in [0.1, 0.15) is 39.5 Å². The summed E-state index contributed by atoms with van der Waals surface area (Å²) in [4.78, 5) is 22.5. The Labute approximate surface area is 109 Å². The molecule has 1 saturated carbocycles. The van der Waals surface area contributed by atoms with Gasteiger partial charge in [-0.05, 0) is 30.6 Å². The van der Waals surface area contributed by atoms with Crippen LogP contribution >= 0.6 is 0 Å². The smallest absolute Gasteiger partial charge is 0.239 e. The Bertz CT molecular complexity index is 299.